The summed E-state index contributed by atoms with van der Waals surface area (Å²) >= 11 is 7.32. The third kappa shape index (κ3) is 1.98. The third-order valence-electron chi connectivity index (χ3n) is 2.40. The maximum Gasteiger partial charge on any atom is 0.262 e. The van der Waals surface area contributed by atoms with Crippen LogP contribution < -0.4 is 0 Å². The molecule has 1 aromatic carbocycles. The van der Waals surface area contributed by atoms with Gasteiger partial charge in [0.1, 0.15) is 5.75 Å². The molecule has 0 aliphatic heterocycles. The second kappa shape index (κ2) is 4.44. The molecule has 0 saturated carbocycles. The van der Waals surface area contributed by atoms with Gasteiger partial charge in [-0.15, -0.1) is 0 Å². The van der Waals surface area contributed by atoms with Crippen molar-refractivity contribution in [2.75, 3.05) is 0 Å². The van der Waals surface area contributed by atoms with Crippen LogP contribution in [-0.4, -0.2) is 15.2 Å². The van der Waals surface area contributed by atoms with E-state index in [9.17, 15) is 5.11 Å². The van der Waals surface area contributed by atoms with Gasteiger partial charge in [0.05, 0.1) is 5.56 Å². The maximum atomic E-state index is 9.77. The number of phenols is 1. The van der Waals surface area contributed by atoms with Crippen molar-refractivity contribution in [3.05, 3.63) is 40.0 Å². The Hall–Kier alpha value is -1.85. The lowest BCUT2D eigenvalue weighted by molar-refractivity contribution is 0.426. The number of rotatable bonds is 2. The second-order valence-corrected chi connectivity index (χ2v) is 4.81. The van der Waals surface area contributed by atoms with Crippen LogP contribution in [0.1, 0.15) is 0 Å². The van der Waals surface area contributed by atoms with Crippen LogP contribution in [0.4, 0.5) is 0 Å². The van der Waals surface area contributed by atoms with Gasteiger partial charge in [-0.3, -0.25) is 0 Å². The number of benzene rings is 1. The van der Waals surface area contributed by atoms with E-state index in [1.54, 1.807) is 23.5 Å². The Kier molecular flexibility index (Phi) is 2.77. The van der Waals surface area contributed by atoms with Crippen molar-refractivity contribution in [3.63, 3.8) is 0 Å². The fourth-order valence-electron chi connectivity index (χ4n) is 1.53. The van der Waals surface area contributed by atoms with Crippen LogP contribution in [0.25, 0.3) is 22.8 Å². The number of hydrogen-bond acceptors (Lipinski definition) is 5. The third-order valence-corrected chi connectivity index (χ3v) is 3.31. The molecule has 0 aliphatic rings. The molecule has 4 nitrogen and oxygen atoms in total. The number of halogens is 1. The molecule has 0 unspecified atom stereocenters. The van der Waals surface area contributed by atoms with Gasteiger partial charge in [0.2, 0.25) is 5.82 Å². The van der Waals surface area contributed by atoms with E-state index in [2.05, 4.69) is 10.1 Å². The van der Waals surface area contributed by atoms with Gasteiger partial charge in [0, 0.05) is 16.0 Å². The van der Waals surface area contributed by atoms with E-state index < -0.39 is 0 Å². The maximum absolute atomic E-state index is 9.77. The first kappa shape index (κ1) is 11.3. The first-order valence-electron chi connectivity index (χ1n) is 5.09. The van der Waals surface area contributed by atoms with E-state index in [4.69, 9.17) is 16.1 Å². The standard InChI is InChI=1S/C12H7ClN2O2S/c13-8-1-2-9(10(16)5-8)12-14-11(15-17-12)7-3-4-18-6-7/h1-6,16H. The van der Waals surface area contributed by atoms with E-state index in [0.29, 0.717) is 16.4 Å². The highest BCUT2D eigenvalue weighted by Gasteiger charge is 2.14. The lowest BCUT2D eigenvalue weighted by Gasteiger charge is -1.98. The zero-order valence-electron chi connectivity index (χ0n) is 9.00. The minimum atomic E-state index is 0.0167. The summed E-state index contributed by atoms with van der Waals surface area (Å²) in [6, 6.07) is 6.64. The van der Waals surface area contributed by atoms with Crippen molar-refractivity contribution < 1.29 is 9.63 Å². The molecule has 1 N–H and O–H groups in total. The number of hydrogen-bond donors (Lipinski definition) is 1. The second-order valence-electron chi connectivity index (χ2n) is 3.60. The number of aromatic hydroxyl groups is 1. The summed E-state index contributed by atoms with van der Waals surface area (Å²) < 4.78 is 5.14. The molecule has 0 spiro atoms. The molecule has 3 rings (SSSR count). The highest BCUT2D eigenvalue weighted by atomic mass is 35.5. The van der Waals surface area contributed by atoms with Crippen molar-refractivity contribution in [2.24, 2.45) is 0 Å². The summed E-state index contributed by atoms with van der Waals surface area (Å²) in [5.74, 6) is 0.786. The Morgan fingerprint density at radius 1 is 1.28 bits per heavy atom. The number of thiophene rings is 1. The Morgan fingerprint density at radius 3 is 2.89 bits per heavy atom. The van der Waals surface area contributed by atoms with Crippen molar-refractivity contribution >= 4 is 22.9 Å². The smallest absolute Gasteiger partial charge is 0.262 e. The van der Waals surface area contributed by atoms with Gasteiger partial charge in [-0.1, -0.05) is 16.8 Å². The van der Waals surface area contributed by atoms with Gasteiger partial charge < -0.3 is 9.63 Å². The molecule has 0 bridgehead atoms. The summed E-state index contributed by atoms with van der Waals surface area (Å²) in [5, 5.41) is 18.0. The largest absolute Gasteiger partial charge is 0.507 e. The topological polar surface area (TPSA) is 59.2 Å². The molecule has 18 heavy (non-hydrogen) atoms. The van der Waals surface area contributed by atoms with Crippen molar-refractivity contribution in [1.29, 1.82) is 0 Å². The first-order valence-corrected chi connectivity index (χ1v) is 6.41. The molecular weight excluding hydrogens is 272 g/mol. The molecule has 3 aromatic rings. The predicted octanol–water partition coefficient (Wildman–Crippen LogP) is 3.82. The highest BCUT2D eigenvalue weighted by Crippen LogP contribution is 2.31. The molecule has 2 aromatic heterocycles. The molecule has 2 heterocycles. The molecule has 0 radical (unpaired) electrons. The molecule has 0 fully saturated rings. The average Bonchev–Trinajstić information content (AvgIpc) is 2.99. The average molecular weight is 279 g/mol. The molecular formula is C12H7ClN2O2S. The fraction of sp³-hybridized carbons (Fsp3) is 0. The quantitative estimate of drug-likeness (QED) is 0.774. The summed E-state index contributed by atoms with van der Waals surface area (Å²) in [7, 11) is 0. The normalized spacial score (nSPS) is 10.7. The SMILES string of the molecule is Oc1cc(Cl)ccc1-c1nc(-c2ccsc2)no1. The predicted molar refractivity (Wildman–Crippen MR) is 69.7 cm³/mol. The zero-order chi connectivity index (χ0) is 12.5. The minimum absolute atomic E-state index is 0.0167. The van der Waals surface area contributed by atoms with Crippen LogP contribution in [0.2, 0.25) is 5.02 Å². The van der Waals surface area contributed by atoms with Crippen LogP contribution in [0.3, 0.4) is 0 Å². The Morgan fingerprint density at radius 2 is 2.17 bits per heavy atom. The highest BCUT2D eigenvalue weighted by molar-refractivity contribution is 7.08. The van der Waals surface area contributed by atoms with Crippen molar-refractivity contribution in [2.45, 2.75) is 0 Å². The lowest BCUT2D eigenvalue weighted by atomic mass is 10.2. The number of aromatic nitrogens is 2. The Labute approximate surface area is 111 Å². The van der Waals surface area contributed by atoms with E-state index in [1.807, 2.05) is 16.8 Å². The van der Waals surface area contributed by atoms with Gasteiger partial charge in [-0.05, 0) is 29.6 Å². The molecule has 6 heteroatoms. The fourth-order valence-corrected chi connectivity index (χ4v) is 2.33. The molecule has 0 aliphatic carbocycles. The molecule has 90 valence electrons. The molecule has 0 atom stereocenters. The van der Waals surface area contributed by atoms with E-state index in [0.717, 1.165) is 5.56 Å². The Bertz CT molecular complexity index is 679. The zero-order valence-corrected chi connectivity index (χ0v) is 10.6. The number of phenolic OH excluding ortho intramolecular Hbond substituents is 1. The summed E-state index contributed by atoms with van der Waals surface area (Å²) in [5.41, 5.74) is 1.36. The van der Waals surface area contributed by atoms with Gasteiger partial charge in [-0.2, -0.15) is 16.3 Å². The van der Waals surface area contributed by atoms with Gasteiger partial charge in [0.15, 0.2) is 0 Å². The van der Waals surface area contributed by atoms with Gasteiger partial charge >= 0.3 is 0 Å². The monoisotopic (exact) mass is 278 g/mol. The van der Waals surface area contributed by atoms with Crippen molar-refractivity contribution in [1.82, 2.24) is 10.1 Å². The molecule has 0 saturated heterocycles. The van der Waals surface area contributed by atoms with Crippen molar-refractivity contribution in [3.8, 4) is 28.6 Å². The first-order chi connectivity index (χ1) is 8.74. The summed E-state index contributed by atoms with van der Waals surface area (Å²) in [4.78, 5) is 4.24. The van der Waals surface area contributed by atoms with E-state index in [1.165, 1.54) is 6.07 Å². The van der Waals surface area contributed by atoms with Gasteiger partial charge in [0.25, 0.3) is 5.89 Å². The summed E-state index contributed by atoms with van der Waals surface area (Å²) in [6.45, 7) is 0. The van der Waals surface area contributed by atoms with E-state index in [-0.39, 0.29) is 11.6 Å². The van der Waals surface area contributed by atoms with Gasteiger partial charge in [-0.25, -0.2) is 0 Å². The summed E-state index contributed by atoms with van der Waals surface area (Å²) in [6.07, 6.45) is 0. The molecule has 0 amide bonds. The van der Waals surface area contributed by atoms with E-state index >= 15 is 0 Å². The van der Waals surface area contributed by atoms with Crippen LogP contribution in [-0.2, 0) is 0 Å². The Balaban J connectivity index is 2.03. The van der Waals surface area contributed by atoms with Crippen LogP contribution in [0.5, 0.6) is 5.75 Å². The number of nitrogens with zero attached hydrogens (tertiary/aromatic N) is 2. The minimum Gasteiger partial charge on any atom is -0.507 e. The van der Waals surface area contributed by atoms with Crippen LogP contribution in [0.15, 0.2) is 39.5 Å². The van der Waals surface area contributed by atoms with Crippen LogP contribution >= 0.6 is 22.9 Å². The lowest BCUT2D eigenvalue weighted by Crippen LogP contribution is -1.80. The van der Waals surface area contributed by atoms with Crippen LogP contribution in [0, 0.1) is 0 Å².